The van der Waals surface area contributed by atoms with Gasteiger partial charge in [0.2, 0.25) is 0 Å². The van der Waals surface area contributed by atoms with Crippen LogP contribution < -0.4 is 52.8 Å². The molecule has 0 bridgehead atoms. The van der Waals surface area contributed by atoms with E-state index in [1.807, 2.05) is 0 Å². The van der Waals surface area contributed by atoms with E-state index < -0.39 is 8.07 Å². The first-order valence-corrected chi connectivity index (χ1v) is 21.8. The molecule has 7 rings (SSSR count). The van der Waals surface area contributed by atoms with Crippen molar-refractivity contribution < 1.29 is 57.7 Å². The van der Waals surface area contributed by atoms with Gasteiger partial charge in [0.25, 0.3) is 0 Å². The van der Waals surface area contributed by atoms with E-state index >= 15 is 0 Å². The summed E-state index contributed by atoms with van der Waals surface area (Å²) in [6.07, 6.45) is 2.80. The van der Waals surface area contributed by atoms with E-state index in [2.05, 4.69) is 214 Å². The van der Waals surface area contributed by atoms with Crippen LogP contribution >= 0.6 is 0 Å². The van der Waals surface area contributed by atoms with Crippen molar-refractivity contribution in [1.82, 2.24) is 0 Å². The predicted molar refractivity (Wildman–Crippen MR) is 225 cm³/mol. The van der Waals surface area contributed by atoms with Crippen molar-refractivity contribution >= 4 is 23.6 Å². The number of allylic oxidation sites excluding steroid dienone is 4. The molecule has 0 saturated carbocycles. The van der Waals surface area contributed by atoms with Crippen molar-refractivity contribution in [2.75, 3.05) is 0 Å². The van der Waals surface area contributed by atoms with Gasteiger partial charge in [-0.05, 0) is 0 Å². The monoisotopic (exact) mass is 844 g/mol. The maximum Gasteiger partial charge on any atom is -1.00 e. The fraction of sp³-hybridized carbons (Fsp3) is 0.216. The molecule has 284 valence electrons. The van der Waals surface area contributed by atoms with Crippen LogP contribution in [-0.4, -0.2) is 8.07 Å². The fourth-order valence-electron chi connectivity index (χ4n) is 9.17. The largest absolute Gasteiger partial charge is 1.00 e. The molecule has 0 aliphatic heterocycles. The molecule has 5 heteroatoms. The number of halogens is 3. The zero-order valence-corrected chi connectivity index (χ0v) is 38.4. The van der Waals surface area contributed by atoms with Crippen LogP contribution in [0.2, 0.25) is 3.72 Å². The average molecular weight is 846 g/mol. The maximum atomic E-state index is 2.54. The van der Waals surface area contributed by atoms with Crippen molar-refractivity contribution in [3.8, 4) is 0 Å². The van der Waals surface area contributed by atoms with Crippen LogP contribution in [0.1, 0.15) is 77.8 Å². The van der Waals surface area contributed by atoms with Gasteiger partial charge in [-0.3, -0.25) is 0 Å². The van der Waals surface area contributed by atoms with Gasteiger partial charge in [-0.1, -0.05) is 0 Å². The van der Waals surface area contributed by atoms with Gasteiger partial charge >= 0.3 is 333 Å². The molecule has 1 unspecified atom stereocenters. The minimum Gasteiger partial charge on any atom is -1.00 e. The molecule has 0 spiro atoms. The van der Waals surface area contributed by atoms with Crippen LogP contribution in [0.15, 0.2) is 168 Å². The van der Waals surface area contributed by atoms with Crippen LogP contribution in [-0.2, 0) is 39.7 Å². The van der Waals surface area contributed by atoms with Crippen LogP contribution in [0.4, 0.5) is 0 Å². The third-order valence-electron chi connectivity index (χ3n) is 12.0. The Morgan fingerprint density at radius 3 is 0.964 bits per heavy atom. The second kappa shape index (κ2) is 18.9. The van der Waals surface area contributed by atoms with Gasteiger partial charge in [0, 0.05) is 0 Å². The Hall–Kier alpha value is -3.40. The molecule has 56 heavy (non-hydrogen) atoms. The van der Waals surface area contributed by atoms with Crippen LogP contribution in [0.3, 0.4) is 0 Å². The number of hydrogen-bond acceptors (Lipinski definition) is 0. The van der Waals surface area contributed by atoms with E-state index in [1.165, 1.54) is 82.4 Å². The minimum atomic E-state index is -2.91. The molecular weight excluding hydrogens is 795 g/mol. The zero-order chi connectivity index (χ0) is 37.3. The van der Waals surface area contributed by atoms with E-state index in [-0.39, 0.29) is 40.9 Å². The van der Waals surface area contributed by atoms with Crippen molar-refractivity contribution in [1.29, 1.82) is 0 Å². The van der Waals surface area contributed by atoms with Crippen LogP contribution in [0.5, 0.6) is 0 Å². The van der Waals surface area contributed by atoms with Crippen molar-refractivity contribution in [2.24, 2.45) is 0 Å². The Bertz CT molecular complexity index is 2130. The van der Waals surface area contributed by atoms with Gasteiger partial charge in [-0.2, -0.15) is 0 Å². The zero-order valence-electron chi connectivity index (χ0n) is 33.6. The summed E-state index contributed by atoms with van der Waals surface area (Å²) in [7, 11) is -2.91. The van der Waals surface area contributed by atoms with Gasteiger partial charge in [-0.25, -0.2) is 0 Å². The predicted octanol–water partition coefficient (Wildman–Crippen LogP) is 1.80. The molecule has 6 aromatic carbocycles. The summed E-state index contributed by atoms with van der Waals surface area (Å²) in [5.74, 6) is 0. The number of aryl methyl sites for hydroxylation is 3. The Kier molecular flexibility index (Phi) is 15.3. The fourth-order valence-corrected chi connectivity index (χ4v) is 17.0. The molecule has 0 heterocycles. The summed E-state index contributed by atoms with van der Waals surface area (Å²) in [5.41, 5.74) is 16.8. The SMILES string of the molecule is CC1=C(C)[C](C)([Ti+3])C([Si](c2ccc(Cc3ccccc3)cc2C)(c2ccc(Cc3ccccc3)cc2C)c2ccc(Cc3ccccc3)cc2C)=C1C.[Cl-].[Cl-].[Cl-]. The van der Waals surface area contributed by atoms with Crippen molar-refractivity contribution in [3.63, 3.8) is 0 Å². The van der Waals surface area contributed by atoms with Crippen molar-refractivity contribution in [2.45, 2.75) is 71.4 Å². The van der Waals surface area contributed by atoms with Gasteiger partial charge in [0.15, 0.2) is 0 Å². The average Bonchev–Trinajstić information content (AvgIpc) is 3.30. The standard InChI is InChI=1S/C51H51Si.3ClH.Ti/c1-35-29-45(32-42-17-11-8-12-18-42)23-26-48(35)52(51-40(6)38(4)39(5)41(51)7,49-27-24-46(30-36(49)2)33-43-19-13-9-14-20-43)50-28-25-47(31-37(50)3)34-44-21-15-10-16-22-44;;;;/h8-31H,32-34H2,1-7H3;3*1H;/q;;;;+3/p-3. The molecule has 0 amide bonds. The molecule has 0 radical (unpaired) electrons. The normalized spacial score (nSPS) is 15.2. The maximum absolute atomic E-state index is 2.91. The molecule has 1 atom stereocenters. The third kappa shape index (κ3) is 8.70. The molecule has 1 aliphatic carbocycles. The molecule has 0 fully saturated rings. The molecule has 6 aromatic rings. The number of benzene rings is 6. The summed E-state index contributed by atoms with van der Waals surface area (Å²) >= 11 is 2.50. The van der Waals surface area contributed by atoms with Crippen molar-refractivity contribution in [3.05, 3.63) is 218 Å². The Balaban J connectivity index is 0.00000232. The molecule has 0 saturated heterocycles. The third-order valence-corrected chi connectivity index (χ3v) is 19.1. The van der Waals surface area contributed by atoms with Gasteiger partial charge in [-0.15, -0.1) is 0 Å². The summed E-state index contributed by atoms with van der Waals surface area (Å²) in [5, 5.41) is 6.17. The number of rotatable bonds is 10. The molecule has 0 N–H and O–H groups in total. The molecule has 0 aromatic heterocycles. The number of hydrogen-bond donors (Lipinski definition) is 0. The smallest absolute Gasteiger partial charge is 1.00 e. The van der Waals surface area contributed by atoms with Crippen LogP contribution in [0.25, 0.3) is 0 Å². The van der Waals surface area contributed by atoms with Gasteiger partial charge in [0.05, 0.1) is 0 Å². The van der Waals surface area contributed by atoms with E-state index in [9.17, 15) is 0 Å². The molecule has 0 nitrogen and oxygen atoms in total. The Morgan fingerprint density at radius 2 is 0.714 bits per heavy atom. The second-order valence-electron chi connectivity index (χ2n) is 15.6. The van der Waals surface area contributed by atoms with E-state index in [4.69, 9.17) is 0 Å². The summed E-state index contributed by atoms with van der Waals surface area (Å²) in [6.45, 7) is 16.8. The topological polar surface area (TPSA) is 0 Å². The summed E-state index contributed by atoms with van der Waals surface area (Å²) in [6, 6.07) is 55.1. The summed E-state index contributed by atoms with van der Waals surface area (Å²) < 4.78 is -0.0974. The Morgan fingerprint density at radius 1 is 0.411 bits per heavy atom. The molecule has 1 aliphatic rings. The van der Waals surface area contributed by atoms with Gasteiger partial charge in [0.1, 0.15) is 0 Å². The molecular formula is C51H51Cl3SiTi. The van der Waals surface area contributed by atoms with Crippen LogP contribution in [0, 0.1) is 20.8 Å². The summed E-state index contributed by atoms with van der Waals surface area (Å²) in [4.78, 5) is 0. The quantitative estimate of drug-likeness (QED) is 0.146. The van der Waals surface area contributed by atoms with E-state index in [1.54, 1.807) is 5.20 Å². The first kappa shape index (κ1) is 45.3. The van der Waals surface area contributed by atoms with E-state index in [0.29, 0.717) is 0 Å². The minimum absolute atomic E-state index is 0. The first-order valence-electron chi connectivity index (χ1n) is 19.1. The Labute approximate surface area is 367 Å². The van der Waals surface area contributed by atoms with E-state index in [0.717, 1.165) is 19.3 Å². The second-order valence-corrected chi connectivity index (χ2v) is 20.7. The first-order chi connectivity index (χ1) is 25.5. The van der Waals surface area contributed by atoms with Gasteiger partial charge < -0.3 is 37.2 Å².